The van der Waals surface area contributed by atoms with E-state index >= 15 is 0 Å². The summed E-state index contributed by atoms with van der Waals surface area (Å²) in [5.41, 5.74) is 2.00. The molecule has 1 saturated heterocycles. The standard InChI is InChI=1S/C21H24ClN3O2/c1-2-25(17-8-4-3-5-9-17)20(26)15-23-19-11-10-16(22)14-18(19)21(27)24-12-6-7-13-24/h3-5,8-11,14,23H,2,6-7,12-13,15H2,1H3. The Labute approximate surface area is 164 Å². The van der Waals surface area contributed by atoms with Crippen molar-refractivity contribution in [2.75, 3.05) is 36.4 Å². The number of carbonyl (C=O) groups excluding carboxylic acids is 2. The molecular formula is C21H24ClN3O2. The number of anilines is 2. The average molecular weight is 386 g/mol. The number of halogens is 1. The zero-order valence-electron chi connectivity index (χ0n) is 15.5. The number of likely N-dealkylation sites (tertiary alicyclic amines) is 1. The maximum atomic E-state index is 12.8. The van der Waals surface area contributed by atoms with Crippen LogP contribution < -0.4 is 10.2 Å². The number of amides is 2. The summed E-state index contributed by atoms with van der Waals surface area (Å²) in [5.74, 6) is -0.0985. The molecule has 0 atom stereocenters. The van der Waals surface area contributed by atoms with Crippen molar-refractivity contribution in [3.05, 3.63) is 59.1 Å². The molecule has 2 amide bonds. The summed E-state index contributed by atoms with van der Waals surface area (Å²) in [5, 5.41) is 3.64. The van der Waals surface area contributed by atoms with Crippen molar-refractivity contribution in [2.45, 2.75) is 19.8 Å². The number of likely N-dealkylation sites (N-methyl/N-ethyl adjacent to an activating group) is 1. The summed E-state index contributed by atoms with van der Waals surface area (Å²) in [6.07, 6.45) is 2.05. The molecule has 27 heavy (non-hydrogen) atoms. The first kappa shape index (κ1) is 19.2. The molecule has 1 heterocycles. The molecule has 0 unspecified atom stereocenters. The minimum absolute atomic E-state index is 0.0413. The van der Waals surface area contributed by atoms with E-state index in [2.05, 4.69) is 5.32 Å². The Bertz CT molecular complexity index is 804. The van der Waals surface area contributed by atoms with Crippen molar-refractivity contribution < 1.29 is 9.59 Å². The van der Waals surface area contributed by atoms with Gasteiger partial charge in [-0.1, -0.05) is 29.8 Å². The molecule has 0 aromatic heterocycles. The van der Waals surface area contributed by atoms with Crippen molar-refractivity contribution in [3.8, 4) is 0 Å². The zero-order chi connectivity index (χ0) is 19.2. The highest BCUT2D eigenvalue weighted by Crippen LogP contribution is 2.24. The van der Waals surface area contributed by atoms with Crippen molar-refractivity contribution in [1.29, 1.82) is 0 Å². The Morgan fingerprint density at radius 2 is 1.81 bits per heavy atom. The predicted molar refractivity (Wildman–Crippen MR) is 110 cm³/mol. The second-order valence-electron chi connectivity index (χ2n) is 6.52. The van der Waals surface area contributed by atoms with Crippen LogP contribution in [0.5, 0.6) is 0 Å². The van der Waals surface area contributed by atoms with Gasteiger partial charge in [-0.15, -0.1) is 0 Å². The normalized spacial score (nSPS) is 13.5. The monoisotopic (exact) mass is 385 g/mol. The third-order valence-electron chi connectivity index (χ3n) is 4.72. The fourth-order valence-electron chi connectivity index (χ4n) is 3.32. The second-order valence-corrected chi connectivity index (χ2v) is 6.95. The van der Waals surface area contributed by atoms with Crippen molar-refractivity contribution in [1.82, 2.24) is 4.90 Å². The predicted octanol–water partition coefficient (Wildman–Crippen LogP) is 4.04. The number of nitrogens with zero attached hydrogens (tertiary/aromatic N) is 2. The number of hydrogen-bond acceptors (Lipinski definition) is 3. The SMILES string of the molecule is CCN(C(=O)CNc1ccc(Cl)cc1C(=O)N1CCCC1)c1ccccc1. The molecule has 0 spiro atoms. The second kappa shape index (κ2) is 8.91. The quantitative estimate of drug-likeness (QED) is 0.816. The van der Waals surface area contributed by atoms with Gasteiger partial charge in [0.25, 0.3) is 5.91 Å². The molecule has 1 N–H and O–H groups in total. The van der Waals surface area contributed by atoms with Crippen LogP contribution in [-0.2, 0) is 4.79 Å². The summed E-state index contributed by atoms with van der Waals surface area (Å²) in [6.45, 7) is 4.15. The molecule has 2 aromatic carbocycles. The van der Waals surface area contributed by atoms with Gasteiger partial charge in [-0.25, -0.2) is 0 Å². The van der Waals surface area contributed by atoms with Gasteiger partial charge in [0.1, 0.15) is 0 Å². The Morgan fingerprint density at radius 1 is 1.11 bits per heavy atom. The fourth-order valence-corrected chi connectivity index (χ4v) is 3.49. The third-order valence-corrected chi connectivity index (χ3v) is 4.96. The number of nitrogens with one attached hydrogen (secondary N) is 1. The van der Waals surface area contributed by atoms with Gasteiger partial charge >= 0.3 is 0 Å². The molecule has 0 radical (unpaired) electrons. The summed E-state index contributed by atoms with van der Waals surface area (Å²) < 4.78 is 0. The Morgan fingerprint density at radius 3 is 2.48 bits per heavy atom. The van der Waals surface area contributed by atoms with Crippen molar-refractivity contribution in [2.24, 2.45) is 0 Å². The van der Waals surface area contributed by atoms with Crippen LogP contribution in [0.1, 0.15) is 30.1 Å². The van der Waals surface area contributed by atoms with E-state index in [-0.39, 0.29) is 18.4 Å². The van der Waals surface area contributed by atoms with E-state index in [0.717, 1.165) is 31.6 Å². The Hall–Kier alpha value is -2.53. The van der Waals surface area contributed by atoms with Crippen LogP contribution in [0, 0.1) is 0 Å². The highest BCUT2D eigenvalue weighted by Gasteiger charge is 2.23. The van der Waals surface area contributed by atoms with Crippen molar-refractivity contribution >= 4 is 34.8 Å². The number of rotatable bonds is 6. The lowest BCUT2D eigenvalue weighted by Crippen LogP contribution is -2.36. The molecule has 3 rings (SSSR count). The highest BCUT2D eigenvalue weighted by molar-refractivity contribution is 6.31. The molecule has 142 valence electrons. The van der Waals surface area contributed by atoms with E-state index in [9.17, 15) is 9.59 Å². The summed E-state index contributed by atoms with van der Waals surface area (Å²) in [4.78, 5) is 29.0. The van der Waals surface area contributed by atoms with Gasteiger partial charge in [0.05, 0.1) is 12.1 Å². The van der Waals surface area contributed by atoms with Gasteiger partial charge < -0.3 is 15.1 Å². The lowest BCUT2D eigenvalue weighted by atomic mass is 10.1. The Kier molecular flexibility index (Phi) is 6.35. The van der Waals surface area contributed by atoms with Gasteiger partial charge in [-0.3, -0.25) is 9.59 Å². The largest absolute Gasteiger partial charge is 0.375 e. The van der Waals surface area contributed by atoms with Crippen LogP contribution in [-0.4, -0.2) is 42.9 Å². The third kappa shape index (κ3) is 4.61. The summed E-state index contributed by atoms with van der Waals surface area (Å²) in [6, 6.07) is 14.7. The summed E-state index contributed by atoms with van der Waals surface area (Å²) >= 11 is 6.11. The molecule has 0 saturated carbocycles. The highest BCUT2D eigenvalue weighted by atomic mass is 35.5. The average Bonchev–Trinajstić information content (AvgIpc) is 3.22. The minimum atomic E-state index is -0.0572. The first-order chi connectivity index (χ1) is 13.1. The van der Waals surface area contributed by atoms with Crippen LogP contribution in [0.2, 0.25) is 5.02 Å². The van der Waals surface area contributed by atoms with Gasteiger partial charge in [0.2, 0.25) is 5.91 Å². The van der Waals surface area contributed by atoms with E-state index in [1.165, 1.54) is 0 Å². The van der Waals surface area contributed by atoms with Crippen LogP contribution >= 0.6 is 11.6 Å². The molecule has 1 aliphatic rings. The molecule has 1 fully saturated rings. The smallest absolute Gasteiger partial charge is 0.256 e. The van der Waals surface area contributed by atoms with Gasteiger partial charge in [-0.05, 0) is 50.1 Å². The number of benzene rings is 2. The van der Waals surface area contributed by atoms with Crippen LogP contribution in [0.15, 0.2) is 48.5 Å². The van der Waals surface area contributed by atoms with Gasteiger partial charge in [-0.2, -0.15) is 0 Å². The van der Waals surface area contributed by atoms with Gasteiger partial charge in [0.15, 0.2) is 0 Å². The Balaban J connectivity index is 1.73. The van der Waals surface area contributed by atoms with Gasteiger partial charge in [0, 0.05) is 36.0 Å². The number of para-hydroxylation sites is 1. The number of carbonyl (C=O) groups is 2. The maximum absolute atomic E-state index is 12.8. The van der Waals surface area contributed by atoms with Crippen LogP contribution in [0.25, 0.3) is 0 Å². The molecule has 0 aliphatic carbocycles. The maximum Gasteiger partial charge on any atom is 0.256 e. The molecule has 0 bridgehead atoms. The molecule has 1 aliphatic heterocycles. The fraction of sp³-hybridized carbons (Fsp3) is 0.333. The summed E-state index contributed by atoms with van der Waals surface area (Å²) in [7, 11) is 0. The van der Waals surface area contributed by atoms with Crippen LogP contribution in [0.4, 0.5) is 11.4 Å². The lowest BCUT2D eigenvalue weighted by Gasteiger charge is -2.22. The van der Waals surface area contributed by atoms with E-state index < -0.39 is 0 Å². The van der Waals surface area contributed by atoms with E-state index in [1.54, 1.807) is 23.1 Å². The first-order valence-electron chi connectivity index (χ1n) is 9.28. The van der Waals surface area contributed by atoms with E-state index in [1.807, 2.05) is 42.2 Å². The minimum Gasteiger partial charge on any atom is -0.375 e. The van der Waals surface area contributed by atoms with E-state index in [4.69, 9.17) is 11.6 Å². The molecule has 5 nitrogen and oxygen atoms in total. The van der Waals surface area contributed by atoms with Crippen LogP contribution in [0.3, 0.4) is 0 Å². The topological polar surface area (TPSA) is 52.7 Å². The zero-order valence-corrected chi connectivity index (χ0v) is 16.2. The lowest BCUT2D eigenvalue weighted by molar-refractivity contribution is -0.116. The molecule has 6 heteroatoms. The van der Waals surface area contributed by atoms with E-state index in [0.29, 0.717) is 22.8 Å². The number of hydrogen-bond donors (Lipinski definition) is 1. The van der Waals surface area contributed by atoms with Crippen molar-refractivity contribution in [3.63, 3.8) is 0 Å². The first-order valence-corrected chi connectivity index (χ1v) is 9.66. The molecule has 2 aromatic rings. The molecular weight excluding hydrogens is 362 g/mol.